The van der Waals surface area contributed by atoms with Crippen LogP contribution in [0.1, 0.15) is 52.7 Å². The summed E-state index contributed by atoms with van der Waals surface area (Å²) in [4.78, 5) is 23.1. The van der Waals surface area contributed by atoms with Crippen molar-refractivity contribution in [2.75, 3.05) is 0 Å². The van der Waals surface area contributed by atoms with E-state index in [2.05, 4.69) is 19.9 Å². The minimum atomic E-state index is -0.864. The number of benzene rings is 3. The van der Waals surface area contributed by atoms with Gasteiger partial charge in [0.1, 0.15) is 23.1 Å². The number of rotatable bonds is 5. The molecule has 0 fully saturated rings. The topological polar surface area (TPSA) is 128 Å². The fourth-order valence-electron chi connectivity index (χ4n) is 3.86. The molecule has 35 heavy (non-hydrogen) atoms. The van der Waals surface area contributed by atoms with Gasteiger partial charge in [-0.25, -0.2) is 4.79 Å². The molecule has 9 heteroatoms. The van der Waals surface area contributed by atoms with Gasteiger partial charge in [-0.3, -0.25) is 10.1 Å². The number of nitrogens with zero attached hydrogens (tertiary/aromatic N) is 2. The van der Waals surface area contributed by atoms with Crippen molar-refractivity contribution in [3.05, 3.63) is 110 Å². The van der Waals surface area contributed by atoms with Crippen LogP contribution in [0.25, 0.3) is 0 Å². The average Bonchev–Trinajstić information content (AvgIpc) is 2.83. The molecule has 1 heterocycles. The molecule has 0 saturated heterocycles. The summed E-state index contributed by atoms with van der Waals surface area (Å²) >= 11 is 6.04. The van der Waals surface area contributed by atoms with Crippen molar-refractivity contribution in [2.45, 2.75) is 25.7 Å². The highest BCUT2D eigenvalue weighted by molar-refractivity contribution is 6.33. The molecule has 0 aromatic heterocycles. The number of nitriles is 1. The van der Waals surface area contributed by atoms with E-state index in [1.807, 2.05) is 24.3 Å². The van der Waals surface area contributed by atoms with E-state index in [1.54, 1.807) is 12.1 Å². The molecule has 2 N–H and O–H groups in total. The lowest BCUT2D eigenvalue weighted by Gasteiger charge is -2.27. The summed E-state index contributed by atoms with van der Waals surface area (Å²) in [6.45, 7) is 4.20. The summed E-state index contributed by atoms with van der Waals surface area (Å²) in [5.41, 5.74) is 8.62. The lowest BCUT2D eigenvalue weighted by atomic mass is 9.83. The fourth-order valence-corrected chi connectivity index (χ4v) is 4.06. The molecular formula is C26H20ClN3O5. The monoisotopic (exact) mass is 489 g/mol. The molecule has 0 spiro atoms. The van der Waals surface area contributed by atoms with E-state index >= 15 is 0 Å². The van der Waals surface area contributed by atoms with Gasteiger partial charge >= 0.3 is 5.97 Å². The van der Waals surface area contributed by atoms with Gasteiger partial charge in [0.25, 0.3) is 5.69 Å². The Balaban J connectivity index is 1.68. The second kappa shape index (κ2) is 9.49. The normalized spacial score (nSPS) is 14.7. The van der Waals surface area contributed by atoms with Gasteiger partial charge in [0.05, 0.1) is 21.4 Å². The van der Waals surface area contributed by atoms with E-state index in [0.29, 0.717) is 17.2 Å². The quantitative estimate of drug-likeness (QED) is 0.207. The standard InChI is InChI=1S/C26H20ClN3O5/c1-14(2)15-3-5-16(6-4-15)24-19-9-8-18(12-23(19)35-25(29)21(24)13-28)34-26(31)20-11-17(30(32)33)7-10-22(20)27/h3-12,14,24H,29H2,1-2H3. The summed E-state index contributed by atoms with van der Waals surface area (Å²) in [6.07, 6.45) is 0. The molecule has 3 aromatic carbocycles. The van der Waals surface area contributed by atoms with Gasteiger partial charge in [0.15, 0.2) is 0 Å². The molecule has 1 atom stereocenters. The van der Waals surface area contributed by atoms with Gasteiger partial charge in [0, 0.05) is 23.8 Å². The third-order valence-electron chi connectivity index (χ3n) is 5.72. The maximum Gasteiger partial charge on any atom is 0.345 e. The van der Waals surface area contributed by atoms with Crippen LogP contribution in [0.15, 0.2) is 72.1 Å². The van der Waals surface area contributed by atoms with Crippen molar-refractivity contribution in [1.29, 1.82) is 5.26 Å². The molecule has 0 radical (unpaired) electrons. The number of carbonyl (C=O) groups is 1. The number of ether oxygens (including phenoxy) is 2. The van der Waals surface area contributed by atoms with E-state index in [4.69, 9.17) is 26.8 Å². The van der Waals surface area contributed by atoms with E-state index in [9.17, 15) is 20.2 Å². The molecule has 0 aliphatic carbocycles. The first-order chi connectivity index (χ1) is 16.7. The average molecular weight is 490 g/mol. The molecule has 0 amide bonds. The Bertz CT molecular complexity index is 1410. The van der Waals surface area contributed by atoms with Crippen LogP contribution in [0.3, 0.4) is 0 Å². The lowest BCUT2D eigenvalue weighted by molar-refractivity contribution is -0.384. The number of carbonyl (C=O) groups excluding carboxylic acids is 1. The van der Waals surface area contributed by atoms with Crippen molar-refractivity contribution in [2.24, 2.45) is 5.73 Å². The highest BCUT2D eigenvalue weighted by Crippen LogP contribution is 2.43. The second-order valence-electron chi connectivity index (χ2n) is 8.26. The maximum absolute atomic E-state index is 12.7. The van der Waals surface area contributed by atoms with Gasteiger partial charge < -0.3 is 15.2 Å². The molecule has 8 nitrogen and oxygen atoms in total. The SMILES string of the molecule is CC(C)c1ccc(C2C(C#N)=C(N)Oc3cc(OC(=O)c4cc([N+](=O)[O-])ccc4Cl)ccc32)cc1. The summed E-state index contributed by atoms with van der Waals surface area (Å²) < 4.78 is 11.1. The minimum Gasteiger partial charge on any atom is -0.440 e. The Morgan fingerprint density at radius 1 is 1.17 bits per heavy atom. The highest BCUT2D eigenvalue weighted by atomic mass is 35.5. The number of nitro groups is 1. The predicted octanol–water partition coefficient (Wildman–Crippen LogP) is 5.81. The number of nitrogens with two attached hydrogens (primary N) is 1. The second-order valence-corrected chi connectivity index (χ2v) is 8.66. The first kappa shape index (κ1) is 23.8. The maximum atomic E-state index is 12.7. The number of nitro benzene ring substituents is 1. The summed E-state index contributed by atoms with van der Waals surface area (Å²) in [7, 11) is 0. The Morgan fingerprint density at radius 3 is 2.51 bits per heavy atom. The smallest absolute Gasteiger partial charge is 0.345 e. The van der Waals surface area contributed by atoms with Gasteiger partial charge in [-0.05, 0) is 29.2 Å². The predicted molar refractivity (Wildman–Crippen MR) is 129 cm³/mol. The highest BCUT2D eigenvalue weighted by Gasteiger charge is 2.31. The number of hydrogen-bond acceptors (Lipinski definition) is 7. The zero-order valence-corrected chi connectivity index (χ0v) is 19.6. The van der Waals surface area contributed by atoms with Crippen LogP contribution in [0.5, 0.6) is 11.5 Å². The fraction of sp³-hybridized carbons (Fsp3) is 0.154. The van der Waals surface area contributed by atoms with Crippen LogP contribution >= 0.6 is 11.6 Å². The third-order valence-corrected chi connectivity index (χ3v) is 6.05. The van der Waals surface area contributed by atoms with Gasteiger partial charge in [-0.15, -0.1) is 0 Å². The largest absolute Gasteiger partial charge is 0.440 e. The number of non-ortho nitro benzene ring substituents is 1. The number of esters is 1. The van der Waals surface area contributed by atoms with E-state index < -0.39 is 16.8 Å². The first-order valence-electron chi connectivity index (χ1n) is 10.7. The molecule has 1 aliphatic rings. The van der Waals surface area contributed by atoms with Crippen molar-refractivity contribution in [3.8, 4) is 17.6 Å². The van der Waals surface area contributed by atoms with Crippen LogP contribution in [-0.4, -0.2) is 10.9 Å². The summed E-state index contributed by atoms with van der Waals surface area (Å²) in [5.74, 6) is -0.548. The van der Waals surface area contributed by atoms with E-state index in [1.165, 1.54) is 23.8 Å². The molecule has 176 valence electrons. The zero-order valence-electron chi connectivity index (χ0n) is 18.8. The lowest BCUT2D eigenvalue weighted by Crippen LogP contribution is -2.21. The Kier molecular flexibility index (Phi) is 6.45. The minimum absolute atomic E-state index is 0.0190. The summed E-state index contributed by atoms with van der Waals surface area (Å²) in [5, 5.41) is 20.8. The van der Waals surface area contributed by atoms with E-state index in [0.717, 1.165) is 11.6 Å². The van der Waals surface area contributed by atoms with Crippen LogP contribution in [-0.2, 0) is 0 Å². The number of hydrogen-bond donors (Lipinski definition) is 1. The van der Waals surface area contributed by atoms with Crippen LogP contribution in [0, 0.1) is 21.4 Å². The molecule has 0 saturated carbocycles. The van der Waals surface area contributed by atoms with Gasteiger partial charge in [0.2, 0.25) is 5.88 Å². The number of allylic oxidation sites excluding steroid dienone is 1. The Morgan fingerprint density at radius 2 is 1.89 bits per heavy atom. The van der Waals surface area contributed by atoms with Crippen molar-refractivity contribution < 1.29 is 19.2 Å². The molecular weight excluding hydrogens is 470 g/mol. The van der Waals surface area contributed by atoms with Crippen molar-refractivity contribution in [3.63, 3.8) is 0 Å². The van der Waals surface area contributed by atoms with E-state index in [-0.39, 0.29) is 33.5 Å². The van der Waals surface area contributed by atoms with Crippen molar-refractivity contribution >= 4 is 23.3 Å². The zero-order chi connectivity index (χ0) is 25.3. The van der Waals surface area contributed by atoms with Crippen LogP contribution < -0.4 is 15.2 Å². The van der Waals surface area contributed by atoms with Crippen LogP contribution in [0.2, 0.25) is 5.02 Å². The van der Waals surface area contributed by atoms with Crippen LogP contribution in [0.4, 0.5) is 5.69 Å². The Labute approximate surface area is 206 Å². The third kappa shape index (κ3) is 4.67. The van der Waals surface area contributed by atoms with Gasteiger partial charge in [-0.2, -0.15) is 5.26 Å². The molecule has 3 aromatic rings. The summed E-state index contributed by atoms with van der Waals surface area (Å²) in [6, 6.07) is 18.3. The molecule has 4 rings (SSSR count). The molecule has 1 aliphatic heterocycles. The molecule has 1 unspecified atom stereocenters. The number of fused-ring (bicyclic) bond motifs is 1. The Hall–Kier alpha value is -4.35. The number of halogens is 1. The van der Waals surface area contributed by atoms with Gasteiger partial charge in [-0.1, -0.05) is 55.8 Å². The van der Waals surface area contributed by atoms with Crippen molar-refractivity contribution in [1.82, 2.24) is 0 Å². The molecule has 0 bridgehead atoms. The first-order valence-corrected chi connectivity index (χ1v) is 11.0.